The van der Waals surface area contributed by atoms with Crippen LogP contribution in [0.15, 0.2) is 36.5 Å². The van der Waals surface area contributed by atoms with Crippen LogP contribution in [0, 0.1) is 0 Å². The third-order valence-corrected chi connectivity index (χ3v) is 11.6. The normalized spacial score (nSPS) is 13.1. The number of carbonyl (C=O) groups excluding carboxylic acids is 3. The van der Waals surface area contributed by atoms with Crippen LogP contribution in [0.2, 0.25) is 0 Å². The lowest BCUT2D eigenvalue weighted by atomic mass is 10.1. The van der Waals surface area contributed by atoms with Gasteiger partial charge in [-0.15, -0.1) is 0 Å². The zero-order chi connectivity index (χ0) is 47.0. The van der Waals surface area contributed by atoms with Gasteiger partial charge in [0.05, 0.1) is 40.3 Å². The predicted octanol–water partition coefficient (Wildman–Crippen LogP) is 13.6. The predicted molar refractivity (Wildman–Crippen MR) is 265 cm³/mol. The zero-order valence-corrected chi connectivity index (χ0v) is 42.4. The molecule has 0 aliphatic rings. The fourth-order valence-corrected chi connectivity index (χ4v) is 7.44. The molecule has 0 aliphatic carbocycles. The molecule has 0 N–H and O–H groups in total. The van der Waals surface area contributed by atoms with E-state index in [1.165, 1.54) is 154 Å². The van der Waals surface area contributed by atoms with Gasteiger partial charge in [-0.25, -0.2) is 0 Å². The standard InChI is InChI=1S/C55H101NO8/c1-6-8-10-12-14-16-18-20-22-24-26-27-28-30-31-33-35-37-39-41-43-45-52(57)62-49-51(50-63-55(54(59)60)61-48-47-56(3,4)5)64-53(58)46-44-42-40-38-36-34-32-29-25-23-21-19-17-15-13-11-9-7-2/h17,19,23-26,51,55H,6-16,18,20-22,27-50H2,1-5H3/b19-17-,25-23-,26-24-. The summed E-state index contributed by atoms with van der Waals surface area (Å²) in [7, 11) is 5.92. The van der Waals surface area contributed by atoms with Crippen LogP contribution in [0.4, 0.5) is 0 Å². The highest BCUT2D eigenvalue weighted by Gasteiger charge is 2.22. The van der Waals surface area contributed by atoms with Gasteiger partial charge in [-0.1, -0.05) is 192 Å². The minimum atomic E-state index is -1.62. The molecule has 0 saturated carbocycles. The van der Waals surface area contributed by atoms with Crippen molar-refractivity contribution in [3.63, 3.8) is 0 Å². The summed E-state index contributed by atoms with van der Waals surface area (Å²) in [6.07, 6.45) is 51.7. The number of carboxylic acid groups (broad SMARTS) is 1. The van der Waals surface area contributed by atoms with Crippen LogP contribution in [-0.2, 0) is 33.3 Å². The van der Waals surface area contributed by atoms with Crippen molar-refractivity contribution in [2.45, 2.75) is 251 Å². The Morgan fingerprint density at radius 2 is 0.844 bits per heavy atom. The molecule has 0 aromatic heterocycles. The first-order valence-electron chi connectivity index (χ1n) is 26.6. The topological polar surface area (TPSA) is 111 Å². The molecule has 2 atom stereocenters. The van der Waals surface area contributed by atoms with Crippen molar-refractivity contribution in [3.05, 3.63) is 36.5 Å². The van der Waals surface area contributed by atoms with Gasteiger partial charge in [-0.3, -0.25) is 9.59 Å². The number of rotatable bonds is 49. The Bertz CT molecular complexity index is 1150. The SMILES string of the molecule is CCCCCC/C=C\C/C=C\CCCCCCCCCC(=O)OC(COC(=O)CCCCCCCCCCC/C=C\CCCCCCCCCC)COC(OCC[N+](C)(C)C)C(=O)[O-]. The van der Waals surface area contributed by atoms with Crippen LogP contribution < -0.4 is 5.11 Å². The average molecular weight is 904 g/mol. The molecule has 0 fully saturated rings. The van der Waals surface area contributed by atoms with Crippen molar-refractivity contribution in [1.29, 1.82) is 0 Å². The molecule has 9 nitrogen and oxygen atoms in total. The first-order chi connectivity index (χ1) is 31.1. The molecule has 0 heterocycles. The molecule has 0 rings (SSSR count). The van der Waals surface area contributed by atoms with Gasteiger partial charge in [0.15, 0.2) is 12.4 Å². The molecular formula is C55H101NO8. The quantitative estimate of drug-likeness (QED) is 0.0195. The van der Waals surface area contributed by atoms with Crippen molar-refractivity contribution in [2.75, 3.05) is 47.5 Å². The minimum Gasteiger partial charge on any atom is -0.545 e. The summed E-state index contributed by atoms with van der Waals surface area (Å²) >= 11 is 0. The minimum absolute atomic E-state index is 0.146. The second-order valence-electron chi connectivity index (χ2n) is 19.2. The lowest BCUT2D eigenvalue weighted by Crippen LogP contribution is -2.44. The molecule has 9 heteroatoms. The molecule has 0 aromatic rings. The highest BCUT2D eigenvalue weighted by Crippen LogP contribution is 2.15. The molecule has 64 heavy (non-hydrogen) atoms. The number of unbranched alkanes of at least 4 members (excludes halogenated alkanes) is 28. The zero-order valence-electron chi connectivity index (χ0n) is 42.4. The molecule has 2 unspecified atom stereocenters. The van der Waals surface area contributed by atoms with Gasteiger partial charge < -0.3 is 33.3 Å². The molecule has 0 amide bonds. The number of esters is 2. The largest absolute Gasteiger partial charge is 0.545 e. The summed E-state index contributed by atoms with van der Waals surface area (Å²) in [5.74, 6) is -2.29. The van der Waals surface area contributed by atoms with Crippen LogP contribution in [0.5, 0.6) is 0 Å². The number of hydrogen-bond acceptors (Lipinski definition) is 8. The maximum absolute atomic E-state index is 12.8. The lowest BCUT2D eigenvalue weighted by molar-refractivity contribution is -0.870. The van der Waals surface area contributed by atoms with E-state index < -0.39 is 24.3 Å². The van der Waals surface area contributed by atoms with E-state index in [0.717, 1.165) is 51.4 Å². The fraction of sp³-hybridized carbons (Fsp3) is 0.836. The highest BCUT2D eigenvalue weighted by atomic mass is 16.7. The number of nitrogens with zero attached hydrogens (tertiary/aromatic N) is 1. The number of likely N-dealkylation sites (N-methyl/N-ethyl adjacent to an activating group) is 1. The Labute approximate surface area is 394 Å². The fourth-order valence-electron chi connectivity index (χ4n) is 7.44. The molecular weight excluding hydrogens is 803 g/mol. The van der Waals surface area contributed by atoms with E-state index in [4.69, 9.17) is 18.9 Å². The molecule has 0 aliphatic heterocycles. The second kappa shape index (κ2) is 47.0. The number of aliphatic carboxylic acids is 1. The molecule has 374 valence electrons. The smallest absolute Gasteiger partial charge is 0.306 e. The van der Waals surface area contributed by atoms with E-state index in [-0.39, 0.29) is 38.6 Å². The Kier molecular flexibility index (Phi) is 45.2. The molecule has 0 radical (unpaired) electrons. The van der Waals surface area contributed by atoms with Gasteiger partial charge in [0, 0.05) is 12.8 Å². The van der Waals surface area contributed by atoms with Crippen LogP contribution in [-0.4, -0.2) is 82.3 Å². The van der Waals surface area contributed by atoms with Crippen molar-refractivity contribution in [1.82, 2.24) is 0 Å². The Balaban J connectivity index is 4.31. The molecule has 0 spiro atoms. The van der Waals surface area contributed by atoms with E-state index in [2.05, 4.69) is 50.3 Å². The maximum Gasteiger partial charge on any atom is 0.306 e. The van der Waals surface area contributed by atoms with Crippen LogP contribution >= 0.6 is 0 Å². The Morgan fingerprint density at radius 3 is 1.27 bits per heavy atom. The first-order valence-corrected chi connectivity index (χ1v) is 26.6. The Morgan fingerprint density at radius 1 is 0.469 bits per heavy atom. The number of carboxylic acids is 1. The number of allylic oxidation sites excluding steroid dienone is 6. The average Bonchev–Trinajstić information content (AvgIpc) is 3.26. The first kappa shape index (κ1) is 61.5. The number of quaternary nitrogens is 1. The van der Waals surface area contributed by atoms with Crippen molar-refractivity contribution >= 4 is 17.9 Å². The third-order valence-electron chi connectivity index (χ3n) is 11.6. The van der Waals surface area contributed by atoms with E-state index in [9.17, 15) is 19.5 Å². The van der Waals surface area contributed by atoms with E-state index >= 15 is 0 Å². The monoisotopic (exact) mass is 904 g/mol. The Hall–Kier alpha value is -2.49. The lowest BCUT2D eigenvalue weighted by Gasteiger charge is -2.26. The summed E-state index contributed by atoms with van der Waals surface area (Å²) in [4.78, 5) is 37.2. The van der Waals surface area contributed by atoms with Gasteiger partial charge in [0.25, 0.3) is 0 Å². The summed E-state index contributed by atoms with van der Waals surface area (Å²) in [5, 5.41) is 11.7. The van der Waals surface area contributed by atoms with Gasteiger partial charge >= 0.3 is 11.9 Å². The van der Waals surface area contributed by atoms with Crippen molar-refractivity contribution in [3.8, 4) is 0 Å². The van der Waals surface area contributed by atoms with Crippen LogP contribution in [0.3, 0.4) is 0 Å². The van der Waals surface area contributed by atoms with Crippen LogP contribution in [0.1, 0.15) is 239 Å². The highest BCUT2D eigenvalue weighted by molar-refractivity contribution is 5.70. The van der Waals surface area contributed by atoms with Crippen molar-refractivity contribution < 1.29 is 42.9 Å². The summed E-state index contributed by atoms with van der Waals surface area (Å²) in [5.41, 5.74) is 0. The van der Waals surface area contributed by atoms with E-state index in [0.29, 0.717) is 17.4 Å². The van der Waals surface area contributed by atoms with Gasteiger partial charge in [-0.2, -0.15) is 0 Å². The van der Waals surface area contributed by atoms with E-state index in [1.807, 2.05) is 21.1 Å². The molecule has 0 aromatic carbocycles. The second-order valence-corrected chi connectivity index (χ2v) is 19.2. The van der Waals surface area contributed by atoms with Gasteiger partial charge in [0.2, 0.25) is 0 Å². The molecule has 0 bridgehead atoms. The van der Waals surface area contributed by atoms with Gasteiger partial charge in [0.1, 0.15) is 13.2 Å². The third kappa shape index (κ3) is 47.5. The van der Waals surface area contributed by atoms with E-state index in [1.54, 1.807) is 0 Å². The number of ether oxygens (including phenoxy) is 4. The van der Waals surface area contributed by atoms with Crippen LogP contribution in [0.25, 0.3) is 0 Å². The maximum atomic E-state index is 12.8. The number of hydrogen-bond donors (Lipinski definition) is 0. The van der Waals surface area contributed by atoms with Crippen molar-refractivity contribution in [2.24, 2.45) is 0 Å². The number of carbonyl (C=O) groups is 3. The summed E-state index contributed by atoms with van der Waals surface area (Å²) in [6, 6.07) is 0. The summed E-state index contributed by atoms with van der Waals surface area (Å²) in [6.45, 7) is 4.74. The summed E-state index contributed by atoms with van der Waals surface area (Å²) < 4.78 is 22.6. The molecule has 0 saturated heterocycles. The van der Waals surface area contributed by atoms with Gasteiger partial charge in [-0.05, 0) is 70.6 Å².